The maximum atomic E-state index is 11.1. The Kier molecular flexibility index (Phi) is 4.88. The quantitative estimate of drug-likeness (QED) is 0.804. The molecule has 0 spiro atoms. The predicted octanol–water partition coefficient (Wildman–Crippen LogP) is 2.59. The van der Waals surface area contributed by atoms with Crippen LogP contribution in [-0.4, -0.2) is 26.1 Å². The minimum Gasteiger partial charge on any atom is -0.484 e. The molecule has 0 saturated heterocycles. The van der Waals surface area contributed by atoms with E-state index >= 15 is 0 Å². The van der Waals surface area contributed by atoms with Crippen LogP contribution in [0.1, 0.15) is 0 Å². The zero-order chi connectivity index (χ0) is 11.3. The number of carbonyl (C=O) groups excluding carboxylic acids is 1. The molecule has 0 aliphatic heterocycles. The van der Waals surface area contributed by atoms with Gasteiger partial charge in [-0.05, 0) is 18.2 Å². The van der Waals surface area contributed by atoms with Gasteiger partial charge in [-0.25, -0.2) is 0 Å². The van der Waals surface area contributed by atoms with E-state index in [-0.39, 0.29) is 19.0 Å². The van der Waals surface area contributed by atoms with Crippen LogP contribution in [0.15, 0.2) is 18.2 Å². The van der Waals surface area contributed by atoms with Crippen molar-refractivity contribution >= 4 is 29.0 Å². The second-order valence-electron chi connectivity index (χ2n) is 2.84. The summed E-state index contributed by atoms with van der Waals surface area (Å²) in [5.74, 6) is 0.286. The fourth-order valence-electron chi connectivity index (χ4n) is 0.953. The number of rotatable bonds is 5. The smallest absolute Gasteiger partial charge is 0.195 e. The molecule has 1 aromatic rings. The second kappa shape index (κ2) is 5.95. The molecule has 15 heavy (non-hydrogen) atoms. The highest BCUT2D eigenvalue weighted by atomic mass is 35.5. The maximum Gasteiger partial charge on any atom is 0.195 e. The third kappa shape index (κ3) is 4.08. The first-order valence-electron chi connectivity index (χ1n) is 4.22. The van der Waals surface area contributed by atoms with Crippen molar-refractivity contribution in [3.63, 3.8) is 0 Å². The van der Waals surface area contributed by atoms with Crippen LogP contribution >= 0.6 is 23.2 Å². The molecule has 0 unspecified atom stereocenters. The van der Waals surface area contributed by atoms with Crippen LogP contribution in [0.25, 0.3) is 0 Å². The number of hydrogen-bond acceptors (Lipinski definition) is 3. The van der Waals surface area contributed by atoms with E-state index in [0.29, 0.717) is 15.8 Å². The van der Waals surface area contributed by atoms with Gasteiger partial charge in [0.05, 0.1) is 5.02 Å². The Morgan fingerprint density at radius 2 is 2.07 bits per heavy atom. The minimum absolute atomic E-state index is 0.0329. The molecule has 0 radical (unpaired) electrons. The summed E-state index contributed by atoms with van der Waals surface area (Å²) in [6.07, 6.45) is 0. The molecule has 82 valence electrons. The van der Waals surface area contributed by atoms with Gasteiger partial charge in [0, 0.05) is 12.1 Å². The van der Waals surface area contributed by atoms with Gasteiger partial charge in [-0.3, -0.25) is 4.79 Å². The molecule has 0 saturated carbocycles. The van der Waals surface area contributed by atoms with E-state index in [4.69, 9.17) is 27.9 Å². The van der Waals surface area contributed by atoms with Gasteiger partial charge in [0.2, 0.25) is 0 Å². The lowest BCUT2D eigenvalue weighted by molar-refractivity contribution is -0.124. The van der Waals surface area contributed by atoms with Crippen LogP contribution in [-0.2, 0) is 9.53 Å². The highest BCUT2D eigenvalue weighted by Crippen LogP contribution is 2.27. The number of ketones is 1. The van der Waals surface area contributed by atoms with Gasteiger partial charge < -0.3 is 9.47 Å². The van der Waals surface area contributed by atoms with Crippen molar-refractivity contribution < 1.29 is 14.3 Å². The normalized spacial score (nSPS) is 10.1. The van der Waals surface area contributed by atoms with Crippen LogP contribution in [0.3, 0.4) is 0 Å². The van der Waals surface area contributed by atoms with Gasteiger partial charge in [0.25, 0.3) is 0 Å². The van der Waals surface area contributed by atoms with E-state index in [2.05, 4.69) is 4.74 Å². The fourth-order valence-corrected chi connectivity index (χ4v) is 1.42. The number of ether oxygens (including phenoxy) is 2. The fraction of sp³-hybridized carbons (Fsp3) is 0.300. The Hall–Kier alpha value is -0.770. The van der Waals surface area contributed by atoms with E-state index in [9.17, 15) is 4.79 Å². The number of methoxy groups -OCH3 is 1. The molecule has 0 aromatic heterocycles. The van der Waals surface area contributed by atoms with Crippen molar-refractivity contribution in [2.24, 2.45) is 0 Å². The first kappa shape index (κ1) is 12.3. The Labute approximate surface area is 97.9 Å². The number of hydrogen-bond donors (Lipinski definition) is 0. The minimum atomic E-state index is -0.150. The Bertz CT molecular complexity index is 353. The average Bonchev–Trinajstić information content (AvgIpc) is 2.17. The Morgan fingerprint density at radius 1 is 1.33 bits per heavy atom. The molecule has 3 nitrogen and oxygen atoms in total. The summed E-state index contributed by atoms with van der Waals surface area (Å²) < 4.78 is 9.84. The van der Waals surface area contributed by atoms with E-state index < -0.39 is 0 Å². The first-order chi connectivity index (χ1) is 7.13. The van der Waals surface area contributed by atoms with E-state index in [0.717, 1.165) is 0 Å². The maximum absolute atomic E-state index is 11.1. The highest BCUT2D eigenvalue weighted by molar-refractivity contribution is 6.35. The van der Waals surface area contributed by atoms with Crippen molar-refractivity contribution in [1.29, 1.82) is 0 Å². The molecule has 0 bridgehead atoms. The topological polar surface area (TPSA) is 35.5 Å². The summed E-state index contributed by atoms with van der Waals surface area (Å²) in [5, 5.41) is 0.906. The highest BCUT2D eigenvalue weighted by Gasteiger charge is 2.05. The predicted molar refractivity (Wildman–Crippen MR) is 58.8 cm³/mol. The zero-order valence-electron chi connectivity index (χ0n) is 8.13. The van der Waals surface area contributed by atoms with Gasteiger partial charge in [-0.15, -0.1) is 0 Å². The van der Waals surface area contributed by atoms with Crippen molar-refractivity contribution in [3.8, 4) is 5.75 Å². The summed E-state index contributed by atoms with van der Waals surface area (Å²) in [7, 11) is 1.45. The molecule has 0 heterocycles. The van der Waals surface area contributed by atoms with E-state index in [1.807, 2.05) is 0 Å². The second-order valence-corrected chi connectivity index (χ2v) is 3.68. The summed E-state index contributed by atoms with van der Waals surface area (Å²) in [5.41, 5.74) is 0. The molecule has 1 rings (SSSR count). The monoisotopic (exact) mass is 248 g/mol. The third-order valence-electron chi connectivity index (χ3n) is 1.59. The molecule has 5 heteroatoms. The van der Waals surface area contributed by atoms with Crippen molar-refractivity contribution in [1.82, 2.24) is 0 Å². The van der Waals surface area contributed by atoms with Gasteiger partial charge in [0.15, 0.2) is 5.78 Å². The van der Waals surface area contributed by atoms with Crippen molar-refractivity contribution in [3.05, 3.63) is 28.2 Å². The van der Waals surface area contributed by atoms with Crippen LogP contribution < -0.4 is 4.74 Å². The third-order valence-corrected chi connectivity index (χ3v) is 2.12. The first-order valence-corrected chi connectivity index (χ1v) is 4.97. The van der Waals surface area contributed by atoms with Crippen LogP contribution in [0.5, 0.6) is 5.75 Å². The summed E-state index contributed by atoms with van der Waals surface area (Å²) in [4.78, 5) is 11.1. The summed E-state index contributed by atoms with van der Waals surface area (Å²) in [6, 6.07) is 4.81. The summed E-state index contributed by atoms with van der Waals surface area (Å²) in [6.45, 7) is -0.0274. The van der Waals surface area contributed by atoms with Gasteiger partial charge in [-0.2, -0.15) is 0 Å². The van der Waals surface area contributed by atoms with Crippen LogP contribution in [0.4, 0.5) is 0 Å². The zero-order valence-corrected chi connectivity index (χ0v) is 9.64. The lowest BCUT2D eigenvalue weighted by Gasteiger charge is -2.06. The lowest BCUT2D eigenvalue weighted by Crippen LogP contribution is -2.16. The van der Waals surface area contributed by atoms with Gasteiger partial charge >= 0.3 is 0 Å². The van der Waals surface area contributed by atoms with Gasteiger partial charge in [0.1, 0.15) is 19.0 Å². The molecule has 0 fully saturated rings. The van der Waals surface area contributed by atoms with Crippen LogP contribution in [0, 0.1) is 0 Å². The average molecular weight is 249 g/mol. The van der Waals surface area contributed by atoms with E-state index in [1.165, 1.54) is 7.11 Å². The number of Topliss-reactive ketones (excluding diaryl/α,β-unsaturated/α-hetero) is 1. The van der Waals surface area contributed by atoms with Gasteiger partial charge in [-0.1, -0.05) is 23.2 Å². The molecule has 1 aromatic carbocycles. The number of carbonyl (C=O) groups is 1. The largest absolute Gasteiger partial charge is 0.484 e. The molecular weight excluding hydrogens is 239 g/mol. The van der Waals surface area contributed by atoms with Crippen molar-refractivity contribution in [2.75, 3.05) is 20.3 Å². The molecule has 0 atom stereocenters. The lowest BCUT2D eigenvalue weighted by atomic mass is 10.3. The Morgan fingerprint density at radius 3 is 2.67 bits per heavy atom. The Balaban J connectivity index is 2.54. The molecule has 0 N–H and O–H groups in total. The number of halogens is 2. The molecule has 0 aliphatic carbocycles. The van der Waals surface area contributed by atoms with Crippen molar-refractivity contribution in [2.45, 2.75) is 0 Å². The van der Waals surface area contributed by atoms with Crippen LogP contribution in [0.2, 0.25) is 10.0 Å². The molecule has 0 aliphatic rings. The summed E-state index contributed by atoms with van der Waals surface area (Å²) >= 11 is 11.5. The molecule has 0 amide bonds. The standard InChI is InChI=1S/C10H10Cl2O3/c1-14-5-8(13)6-15-10-3-2-7(11)4-9(10)12/h2-4H,5-6H2,1H3. The van der Waals surface area contributed by atoms with E-state index in [1.54, 1.807) is 18.2 Å². The number of benzene rings is 1. The molecular formula is C10H10Cl2O3. The SMILES string of the molecule is COCC(=O)COc1ccc(Cl)cc1Cl.